The molecule has 2 aliphatic heterocycles. The Bertz CT molecular complexity index is 1190. The summed E-state index contributed by atoms with van der Waals surface area (Å²) in [5, 5.41) is 9.76. The second kappa shape index (κ2) is 10.5. The van der Waals surface area contributed by atoms with Crippen LogP contribution in [-0.4, -0.2) is 74.9 Å². The van der Waals surface area contributed by atoms with Gasteiger partial charge in [0.05, 0.1) is 31.2 Å². The molecule has 3 aromatic rings. The third kappa shape index (κ3) is 4.92. The number of hydrogen-bond acceptors (Lipinski definition) is 4. The van der Waals surface area contributed by atoms with Gasteiger partial charge in [-0.2, -0.15) is 0 Å². The molecule has 0 spiro atoms. The number of amides is 1. The van der Waals surface area contributed by atoms with Crippen LogP contribution in [0.25, 0.3) is 11.1 Å². The molecule has 6 nitrogen and oxygen atoms in total. The molecular formula is C28H32F2N4O2. The number of hydrogen-bond donors (Lipinski definition) is 1. The van der Waals surface area contributed by atoms with Crippen LogP contribution in [0.15, 0.2) is 61.1 Å². The van der Waals surface area contributed by atoms with E-state index in [0.29, 0.717) is 44.6 Å². The standard InChI is InChI=1S/C28H32F2N4O2/c1-19(23-4-2-3-5-24(23)20-6-8-21(29)9-7-20)34-18-31-16-27(34)28(36)33-15-12-26(25(30)17-33)32-13-10-22(35)11-14-32/h2-9,16,18-19,22,25-26,35H,10-15,17H2,1H3/t19-,25-,26?/m0/s1. The summed E-state index contributed by atoms with van der Waals surface area (Å²) < 4.78 is 30.5. The van der Waals surface area contributed by atoms with Crippen LogP contribution >= 0.6 is 0 Å². The Morgan fingerprint density at radius 3 is 2.50 bits per heavy atom. The van der Waals surface area contributed by atoms with Gasteiger partial charge in [-0.05, 0) is 55.0 Å². The Morgan fingerprint density at radius 1 is 1.06 bits per heavy atom. The fourth-order valence-electron chi connectivity index (χ4n) is 5.55. The van der Waals surface area contributed by atoms with E-state index in [1.165, 1.54) is 12.1 Å². The summed E-state index contributed by atoms with van der Waals surface area (Å²) in [4.78, 5) is 21.5. The normalized spacial score (nSPS) is 22.5. The van der Waals surface area contributed by atoms with E-state index in [0.717, 1.165) is 16.7 Å². The number of rotatable bonds is 5. The highest BCUT2D eigenvalue weighted by Gasteiger charge is 2.37. The maximum atomic E-state index is 15.2. The highest BCUT2D eigenvalue weighted by atomic mass is 19.1. The first-order chi connectivity index (χ1) is 17.4. The molecule has 1 N–H and O–H groups in total. The summed E-state index contributed by atoms with van der Waals surface area (Å²) in [6, 6.07) is 13.8. The van der Waals surface area contributed by atoms with E-state index >= 15 is 4.39 Å². The summed E-state index contributed by atoms with van der Waals surface area (Å²) >= 11 is 0. The molecule has 5 rings (SSSR count). The first kappa shape index (κ1) is 24.6. The third-order valence-electron chi connectivity index (χ3n) is 7.63. The zero-order valence-corrected chi connectivity index (χ0v) is 20.4. The number of benzene rings is 2. The van der Waals surface area contributed by atoms with Crippen molar-refractivity contribution in [2.75, 3.05) is 26.2 Å². The number of alkyl halides is 1. The number of carbonyl (C=O) groups excluding carboxylic acids is 1. The van der Waals surface area contributed by atoms with Crippen LogP contribution in [0, 0.1) is 5.82 Å². The smallest absolute Gasteiger partial charge is 0.272 e. The van der Waals surface area contributed by atoms with Crippen molar-refractivity contribution >= 4 is 5.91 Å². The zero-order valence-electron chi connectivity index (χ0n) is 20.4. The molecule has 2 saturated heterocycles. The van der Waals surface area contributed by atoms with Crippen molar-refractivity contribution in [2.24, 2.45) is 0 Å². The lowest BCUT2D eigenvalue weighted by atomic mass is 9.95. The molecule has 190 valence electrons. The SMILES string of the molecule is C[C@@H](c1ccccc1-c1ccc(F)cc1)n1cncc1C(=O)N1CCC(N2CCC(O)CC2)[C@@H](F)C1. The molecule has 2 aliphatic rings. The van der Waals surface area contributed by atoms with Crippen LogP contribution in [-0.2, 0) is 0 Å². The average molecular weight is 495 g/mol. The van der Waals surface area contributed by atoms with E-state index in [4.69, 9.17) is 0 Å². The van der Waals surface area contributed by atoms with Gasteiger partial charge in [0.1, 0.15) is 17.7 Å². The fourth-order valence-corrected chi connectivity index (χ4v) is 5.55. The molecule has 0 bridgehead atoms. The number of nitrogens with zero attached hydrogens (tertiary/aromatic N) is 4. The van der Waals surface area contributed by atoms with E-state index < -0.39 is 6.17 Å². The Labute approximate surface area is 210 Å². The van der Waals surface area contributed by atoms with Crippen molar-refractivity contribution in [3.63, 3.8) is 0 Å². The van der Waals surface area contributed by atoms with Gasteiger partial charge in [-0.1, -0.05) is 36.4 Å². The summed E-state index contributed by atoms with van der Waals surface area (Å²) in [6.45, 7) is 3.91. The molecular weight excluding hydrogens is 462 g/mol. The molecule has 2 fully saturated rings. The molecule has 2 aromatic carbocycles. The largest absolute Gasteiger partial charge is 0.393 e. The molecule has 8 heteroatoms. The van der Waals surface area contributed by atoms with E-state index in [2.05, 4.69) is 9.88 Å². The van der Waals surface area contributed by atoms with Gasteiger partial charge in [0.2, 0.25) is 0 Å². The lowest BCUT2D eigenvalue weighted by Crippen LogP contribution is -2.55. The van der Waals surface area contributed by atoms with E-state index in [-0.39, 0.29) is 36.5 Å². The lowest BCUT2D eigenvalue weighted by Gasteiger charge is -2.42. The lowest BCUT2D eigenvalue weighted by molar-refractivity contribution is 0.000849. The summed E-state index contributed by atoms with van der Waals surface area (Å²) in [5.74, 6) is -0.520. The van der Waals surface area contributed by atoms with Crippen molar-refractivity contribution < 1.29 is 18.7 Å². The maximum Gasteiger partial charge on any atom is 0.272 e. The van der Waals surface area contributed by atoms with Crippen molar-refractivity contribution in [3.05, 3.63) is 78.1 Å². The average Bonchev–Trinajstić information content (AvgIpc) is 3.39. The van der Waals surface area contributed by atoms with Crippen LogP contribution in [0.1, 0.15) is 48.3 Å². The number of piperidine rings is 2. The van der Waals surface area contributed by atoms with Gasteiger partial charge in [-0.25, -0.2) is 13.8 Å². The van der Waals surface area contributed by atoms with Crippen molar-refractivity contribution in [1.29, 1.82) is 0 Å². The number of halogens is 2. The van der Waals surface area contributed by atoms with Crippen LogP contribution in [0.2, 0.25) is 0 Å². The van der Waals surface area contributed by atoms with Crippen LogP contribution in [0.5, 0.6) is 0 Å². The third-order valence-corrected chi connectivity index (χ3v) is 7.63. The molecule has 36 heavy (non-hydrogen) atoms. The summed E-state index contributed by atoms with van der Waals surface area (Å²) in [5.41, 5.74) is 3.24. The van der Waals surface area contributed by atoms with Crippen LogP contribution in [0.3, 0.4) is 0 Å². The van der Waals surface area contributed by atoms with Gasteiger partial charge in [0.25, 0.3) is 5.91 Å². The predicted octanol–water partition coefficient (Wildman–Crippen LogP) is 4.31. The molecule has 0 saturated carbocycles. The Hall–Kier alpha value is -3.10. The van der Waals surface area contributed by atoms with Gasteiger partial charge in [0.15, 0.2) is 0 Å². The van der Waals surface area contributed by atoms with Gasteiger partial charge >= 0.3 is 0 Å². The topological polar surface area (TPSA) is 61.6 Å². The first-order valence-electron chi connectivity index (χ1n) is 12.6. The molecule has 0 aliphatic carbocycles. The second-order valence-electron chi connectivity index (χ2n) is 9.85. The number of likely N-dealkylation sites (tertiary alicyclic amines) is 2. The highest BCUT2D eigenvalue weighted by Crippen LogP contribution is 2.32. The number of carbonyl (C=O) groups is 1. The van der Waals surface area contributed by atoms with Crippen molar-refractivity contribution in [2.45, 2.75) is 50.5 Å². The van der Waals surface area contributed by atoms with Gasteiger partial charge in [0, 0.05) is 25.7 Å². The van der Waals surface area contributed by atoms with Crippen LogP contribution < -0.4 is 0 Å². The minimum Gasteiger partial charge on any atom is -0.393 e. The predicted molar refractivity (Wildman–Crippen MR) is 134 cm³/mol. The molecule has 1 aromatic heterocycles. The quantitative estimate of drug-likeness (QED) is 0.574. The fraction of sp³-hybridized carbons (Fsp3) is 0.429. The molecule has 3 atom stereocenters. The van der Waals surface area contributed by atoms with Crippen molar-refractivity contribution in [3.8, 4) is 11.1 Å². The monoisotopic (exact) mass is 494 g/mol. The highest BCUT2D eigenvalue weighted by molar-refractivity contribution is 5.92. The maximum absolute atomic E-state index is 15.2. The Morgan fingerprint density at radius 2 is 1.78 bits per heavy atom. The number of aromatic nitrogens is 2. The molecule has 3 heterocycles. The Balaban J connectivity index is 1.33. The van der Waals surface area contributed by atoms with Gasteiger partial charge < -0.3 is 14.6 Å². The zero-order chi connectivity index (χ0) is 25.2. The van der Waals surface area contributed by atoms with E-state index in [1.807, 2.05) is 35.8 Å². The van der Waals surface area contributed by atoms with E-state index in [1.54, 1.807) is 29.6 Å². The number of aliphatic hydroxyl groups is 1. The second-order valence-corrected chi connectivity index (χ2v) is 9.85. The first-order valence-corrected chi connectivity index (χ1v) is 12.6. The minimum atomic E-state index is -1.13. The van der Waals surface area contributed by atoms with Gasteiger partial charge in [-0.3, -0.25) is 9.69 Å². The van der Waals surface area contributed by atoms with Crippen molar-refractivity contribution in [1.82, 2.24) is 19.4 Å². The number of imidazole rings is 1. The Kier molecular flexibility index (Phi) is 7.16. The van der Waals surface area contributed by atoms with Crippen LogP contribution in [0.4, 0.5) is 8.78 Å². The molecule has 1 unspecified atom stereocenters. The summed E-state index contributed by atoms with van der Waals surface area (Å²) in [7, 11) is 0. The summed E-state index contributed by atoms with van der Waals surface area (Å²) in [6.07, 6.45) is 3.66. The molecule has 1 amide bonds. The van der Waals surface area contributed by atoms with E-state index in [9.17, 15) is 14.3 Å². The minimum absolute atomic E-state index is 0.0499. The van der Waals surface area contributed by atoms with Gasteiger partial charge in [-0.15, -0.1) is 0 Å². The number of aliphatic hydroxyl groups excluding tert-OH is 1. The molecule has 0 radical (unpaired) electrons.